The monoisotopic (exact) mass is 541 g/mol. The Balaban J connectivity index is 1.42. The minimum absolute atomic E-state index is 0.0810. The summed E-state index contributed by atoms with van der Waals surface area (Å²) in [5.74, 6) is 0.756. The van der Waals surface area contributed by atoms with Crippen LogP contribution in [-0.2, 0) is 11.3 Å². The van der Waals surface area contributed by atoms with Crippen LogP contribution in [0.2, 0.25) is 0 Å². The summed E-state index contributed by atoms with van der Waals surface area (Å²) in [5, 5.41) is 11.8. The molecule has 0 aliphatic carbocycles. The van der Waals surface area contributed by atoms with Crippen molar-refractivity contribution in [3.8, 4) is 16.9 Å². The molecule has 1 fully saturated rings. The van der Waals surface area contributed by atoms with E-state index in [1.54, 1.807) is 0 Å². The number of benzene rings is 2. The minimum atomic E-state index is -0.0810. The van der Waals surface area contributed by atoms with Crippen LogP contribution in [0.4, 0.5) is 0 Å². The van der Waals surface area contributed by atoms with Crippen molar-refractivity contribution in [1.29, 1.82) is 0 Å². The van der Waals surface area contributed by atoms with Gasteiger partial charge in [0.15, 0.2) is 11.9 Å². The van der Waals surface area contributed by atoms with Crippen LogP contribution in [0.1, 0.15) is 31.1 Å². The fourth-order valence-corrected chi connectivity index (χ4v) is 5.60. The first-order chi connectivity index (χ1) is 17.8. The highest BCUT2D eigenvalue weighted by atomic mass is 79.9. The number of aromatic amines is 1. The Hall–Kier alpha value is -3.62. The molecule has 0 spiro atoms. The van der Waals surface area contributed by atoms with E-state index < -0.39 is 0 Å². The van der Waals surface area contributed by atoms with Crippen LogP contribution in [0.3, 0.4) is 0 Å². The summed E-state index contributed by atoms with van der Waals surface area (Å²) < 4.78 is 17.2. The SMILES string of the molecule is Brc1ccc(-c2cc(OCc3ccccc3)cn3nc4c(cnn4C4CCCCO4)c23)c2cc[nH]c12. The second kappa shape index (κ2) is 8.80. The zero-order valence-electron chi connectivity index (χ0n) is 19.5. The molecule has 6 aromatic rings. The molecule has 2 aromatic carbocycles. The predicted octanol–water partition coefficient (Wildman–Crippen LogP) is 6.87. The first-order valence-corrected chi connectivity index (χ1v) is 13.0. The summed E-state index contributed by atoms with van der Waals surface area (Å²) in [6.07, 6.45) is 8.93. The van der Waals surface area contributed by atoms with Crippen LogP contribution in [0.5, 0.6) is 5.75 Å². The Kier molecular flexibility index (Phi) is 5.29. The Bertz CT molecular complexity index is 1700. The van der Waals surface area contributed by atoms with Crippen molar-refractivity contribution in [3.05, 3.63) is 83.2 Å². The van der Waals surface area contributed by atoms with E-state index in [0.717, 1.165) is 80.2 Å². The quantitative estimate of drug-likeness (QED) is 0.258. The molecule has 1 N–H and O–H groups in total. The highest BCUT2D eigenvalue weighted by molar-refractivity contribution is 9.10. The van der Waals surface area contributed by atoms with Gasteiger partial charge in [-0.25, -0.2) is 9.20 Å². The van der Waals surface area contributed by atoms with Crippen LogP contribution in [-0.4, -0.2) is 31.0 Å². The molecule has 1 aliphatic heterocycles. The topological polar surface area (TPSA) is 69.4 Å². The van der Waals surface area contributed by atoms with Crippen LogP contribution >= 0.6 is 15.9 Å². The molecule has 0 radical (unpaired) electrons. The zero-order chi connectivity index (χ0) is 24.1. The van der Waals surface area contributed by atoms with Crippen molar-refractivity contribution >= 4 is 43.4 Å². The molecule has 0 bridgehead atoms. The van der Waals surface area contributed by atoms with E-state index in [2.05, 4.69) is 57.3 Å². The van der Waals surface area contributed by atoms with Crippen molar-refractivity contribution < 1.29 is 9.47 Å². The molecule has 0 saturated carbocycles. The van der Waals surface area contributed by atoms with E-state index >= 15 is 0 Å². The van der Waals surface area contributed by atoms with Crippen LogP contribution in [0.25, 0.3) is 38.6 Å². The Labute approximate surface area is 215 Å². The number of ether oxygens (including phenoxy) is 2. The van der Waals surface area contributed by atoms with Crippen LogP contribution in [0.15, 0.2) is 77.7 Å². The maximum absolute atomic E-state index is 6.27. The molecule has 1 unspecified atom stereocenters. The third kappa shape index (κ3) is 3.60. The van der Waals surface area contributed by atoms with Gasteiger partial charge in [-0.15, -0.1) is 5.10 Å². The van der Waals surface area contributed by atoms with E-state index in [-0.39, 0.29) is 6.23 Å². The fraction of sp³-hybridized carbons (Fsp3) is 0.214. The lowest BCUT2D eigenvalue weighted by molar-refractivity contribution is -0.0370. The third-order valence-electron chi connectivity index (χ3n) is 6.89. The van der Waals surface area contributed by atoms with E-state index in [9.17, 15) is 0 Å². The number of halogens is 1. The van der Waals surface area contributed by atoms with E-state index in [4.69, 9.17) is 19.7 Å². The minimum Gasteiger partial charge on any atom is -0.487 e. The molecular formula is C28H24BrN5O2. The molecule has 180 valence electrons. The molecule has 1 atom stereocenters. The number of hydrogen-bond donors (Lipinski definition) is 1. The highest BCUT2D eigenvalue weighted by Gasteiger charge is 2.24. The van der Waals surface area contributed by atoms with Crippen molar-refractivity contribution in [3.63, 3.8) is 0 Å². The van der Waals surface area contributed by atoms with Crippen molar-refractivity contribution in [2.24, 2.45) is 0 Å². The van der Waals surface area contributed by atoms with Gasteiger partial charge in [0, 0.05) is 28.2 Å². The average molecular weight is 542 g/mol. The zero-order valence-corrected chi connectivity index (χ0v) is 21.1. The number of nitrogens with zero attached hydrogens (tertiary/aromatic N) is 4. The Morgan fingerprint density at radius 1 is 1.06 bits per heavy atom. The van der Waals surface area contributed by atoms with E-state index in [1.807, 2.05) is 46.0 Å². The van der Waals surface area contributed by atoms with Gasteiger partial charge in [-0.2, -0.15) is 5.10 Å². The van der Waals surface area contributed by atoms with Crippen molar-refractivity contribution in [2.45, 2.75) is 32.1 Å². The van der Waals surface area contributed by atoms with Gasteiger partial charge in [0.1, 0.15) is 12.4 Å². The van der Waals surface area contributed by atoms with Gasteiger partial charge in [-0.1, -0.05) is 36.4 Å². The summed E-state index contributed by atoms with van der Waals surface area (Å²) in [4.78, 5) is 3.35. The lowest BCUT2D eigenvalue weighted by Crippen LogP contribution is -2.19. The first kappa shape index (κ1) is 21.6. The number of H-pyrrole nitrogens is 1. The molecule has 7 rings (SSSR count). The standard InChI is InChI=1S/C28H24BrN5O2/c29-24-10-9-20(21-11-12-30-26(21)24)22-14-19(36-17-18-6-2-1-3-7-18)16-33-27(22)23-15-31-34(28(23)32-33)25-8-4-5-13-35-25/h1-3,6-7,9-12,14-16,25,30H,4-5,8,13,17H2. The Morgan fingerprint density at radius 3 is 2.83 bits per heavy atom. The largest absolute Gasteiger partial charge is 0.487 e. The summed E-state index contributed by atoms with van der Waals surface area (Å²) in [5.41, 5.74) is 6.15. The molecule has 7 nitrogen and oxygen atoms in total. The van der Waals surface area contributed by atoms with Gasteiger partial charge in [-0.3, -0.25) is 0 Å². The molecule has 36 heavy (non-hydrogen) atoms. The Morgan fingerprint density at radius 2 is 1.97 bits per heavy atom. The predicted molar refractivity (Wildman–Crippen MR) is 143 cm³/mol. The van der Waals surface area contributed by atoms with E-state index in [1.165, 1.54) is 0 Å². The number of pyridine rings is 1. The first-order valence-electron chi connectivity index (χ1n) is 12.2. The molecule has 1 saturated heterocycles. The van der Waals surface area contributed by atoms with Crippen molar-refractivity contribution in [2.75, 3.05) is 6.61 Å². The highest BCUT2D eigenvalue weighted by Crippen LogP contribution is 2.39. The molecule has 4 aromatic heterocycles. The molecule has 0 amide bonds. The van der Waals surface area contributed by atoms with Gasteiger partial charge in [0.05, 0.1) is 28.8 Å². The van der Waals surface area contributed by atoms with Gasteiger partial charge < -0.3 is 14.5 Å². The smallest absolute Gasteiger partial charge is 0.183 e. The number of fused-ring (bicyclic) bond motifs is 4. The normalized spacial score (nSPS) is 16.3. The second-order valence-corrected chi connectivity index (χ2v) is 10.0. The fourth-order valence-electron chi connectivity index (χ4n) is 5.14. The summed E-state index contributed by atoms with van der Waals surface area (Å²) in [7, 11) is 0. The maximum atomic E-state index is 6.27. The van der Waals surface area contributed by atoms with Gasteiger partial charge in [0.25, 0.3) is 0 Å². The molecule has 5 heterocycles. The summed E-state index contributed by atoms with van der Waals surface area (Å²) >= 11 is 3.68. The third-order valence-corrected chi connectivity index (χ3v) is 7.55. The van der Waals surface area contributed by atoms with Gasteiger partial charge in [0.2, 0.25) is 0 Å². The average Bonchev–Trinajstić information content (AvgIpc) is 3.64. The molecular weight excluding hydrogens is 518 g/mol. The summed E-state index contributed by atoms with van der Waals surface area (Å²) in [6.45, 7) is 1.24. The van der Waals surface area contributed by atoms with Gasteiger partial charge >= 0.3 is 0 Å². The maximum Gasteiger partial charge on any atom is 0.183 e. The van der Waals surface area contributed by atoms with E-state index in [0.29, 0.717) is 6.61 Å². The number of aromatic nitrogens is 5. The van der Waals surface area contributed by atoms with Crippen LogP contribution in [0, 0.1) is 0 Å². The number of rotatable bonds is 5. The van der Waals surface area contributed by atoms with Crippen molar-refractivity contribution in [1.82, 2.24) is 24.4 Å². The summed E-state index contributed by atoms with van der Waals surface area (Å²) in [6, 6.07) is 18.6. The molecule has 8 heteroatoms. The number of hydrogen-bond acceptors (Lipinski definition) is 4. The number of nitrogens with one attached hydrogen (secondary N) is 1. The second-order valence-electron chi connectivity index (χ2n) is 9.17. The lowest BCUT2D eigenvalue weighted by atomic mass is 10.0. The lowest BCUT2D eigenvalue weighted by Gasteiger charge is -2.22. The van der Waals surface area contributed by atoms with Crippen LogP contribution < -0.4 is 4.74 Å². The van der Waals surface area contributed by atoms with Gasteiger partial charge in [-0.05, 0) is 64.5 Å². The molecule has 1 aliphatic rings.